The van der Waals surface area contributed by atoms with E-state index in [0.29, 0.717) is 29.3 Å². The van der Waals surface area contributed by atoms with E-state index in [1.807, 2.05) is 23.1 Å². The molecule has 2 aromatic rings. The number of carbonyl (C=O) groups excluding carboxylic acids is 3. The van der Waals surface area contributed by atoms with Crippen LogP contribution in [-0.2, 0) is 9.59 Å². The van der Waals surface area contributed by atoms with Crippen molar-refractivity contribution < 1.29 is 23.9 Å². The van der Waals surface area contributed by atoms with Gasteiger partial charge in [-0.3, -0.25) is 19.3 Å². The largest absolute Gasteiger partial charge is 0.497 e. The van der Waals surface area contributed by atoms with E-state index < -0.39 is 0 Å². The normalized spacial score (nSPS) is 21.0. The number of nitrogens with zero attached hydrogens (tertiary/aromatic N) is 2. The van der Waals surface area contributed by atoms with Crippen molar-refractivity contribution in [2.45, 2.75) is 32.2 Å². The van der Waals surface area contributed by atoms with Gasteiger partial charge in [-0.25, -0.2) is 0 Å². The third-order valence-corrected chi connectivity index (χ3v) is 6.04. The molecule has 31 heavy (non-hydrogen) atoms. The summed E-state index contributed by atoms with van der Waals surface area (Å²) < 4.78 is 10.8. The molecule has 0 saturated carbocycles. The zero-order chi connectivity index (χ0) is 22.1. The van der Waals surface area contributed by atoms with Gasteiger partial charge in [0.2, 0.25) is 11.8 Å². The Morgan fingerprint density at radius 2 is 1.87 bits per heavy atom. The number of methoxy groups -OCH3 is 2. The molecule has 0 radical (unpaired) electrons. The lowest BCUT2D eigenvalue weighted by molar-refractivity contribution is -0.122. The summed E-state index contributed by atoms with van der Waals surface area (Å²) in [6, 6.07) is 12.3. The van der Waals surface area contributed by atoms with E-state index in [9.17, 15) is 14.4 Å². The summed E-state index contributed by atoms with van der Waals surface area (Å²) in [6.45, 7) is 2.37. The molecule has 0 unspecified atom stereocenters. The molecule has 0 aliphatic carbocycles. The van der Waals surface area contributed by atoms with Crippen molar-refractivity contribution in [1.82, 2.24) is 4.90 Å². The average molecular weight is 422 g/mol. The molecule has 0 aromatic heterocycles. The molecule has 2 heterocycles. The van der Waals surface area contributed by atoms with Gasteiger partial charge >= 0.3 is 0 Å². The van der Waals surface area contributed by atoms with Gasteiger partial charge in [0.15, 0.2) is 0 Å². The zero-order valence-corrected chi connectivity index (χ0v) is 18.0. The van der Waals surface area contributed by atoms with Crippen LogP contribution >= 0.6 is 0 Å². The number of likely N-dealkylation sites (tertiary alicyclic amines) is 1. The van der Waals surface area contributed by atoms with E-state index in [4.69, 9.17) is 9.47 Å². The lowest BCUT2D eigenvalue weighted by atomic mass is 10.0. The van der Waals surface area contributed by atoms with Gasteiger partial charge in [0.1, 0.15) is 11.5 Å². The van der Waals surface area contributed by atoms with Crippen LogP contribution in [0, 0.1) is 5.92 Å². The van der Waals surface area contributed by atoms with Crippen molar-refractivity contribution in [3.05, 3.63) is 53.6 Å². The topological polar surface area (TPSA) is 76.2 Å². The van der Waals surface area contributed by atoms with Crippen LogP contribution in [0.2, 0.25) is 0 Å². The van der Waals surface area contributed by atoms with Gasteiger partial charge in [-0.2, -0.15) is 0 Å². The van der Waals surface area contributed by atoms with Crippen LogP contribution in [-0.4, -0.2) is 43.4 Å². The predicted molar refractivity (Wildman–Crippen MR) is 115 cm³/mol. The highest BCUT2D eigenvalue weighted by Gasteiger charge is 2.37. The second-order valence-electron chi connectivity index (χ2n) is 7.99. The smallest absolute Gasteiger partial charge is 0.254 e. The van der Waals surface area contributed by atoms with E-state index in [1.165, 1.54) is 4.90 Å². The molecule has 0 spiro atoms. The van der Waals surface area contributed by atoms with Gasteiger partial charge in [-0.15, -0.1) is 0 Å². The molecular formula is C24H26N2O5. The molecule has 2 atom stereocenters. The molecular weight excluding hydrogens is 396 g/mol. The molecule has 3 amide bonds. The van der Waals surface area contributed by atoms with E-state index >= 15 is 0 Å². The van der Waals surface area contributed by atoms with Crippen LogP contribution in [0.1, 0.15) is 48.1 Å². The van der Waals surface area contributed by atoms with Gasteiger partial charge in [0, 0.05) is 36.1 Å². The van der Waals surface area contributed by atoms with Gasteiger partial charge in [0.25, 0.3) is 5.91 Å². The molecule has 2 aromatic carbocycles. The summed E-state index contributed by atoms with van der Waals surface area (Å²) in [5, 5.41) is 0. The number of anilines is 1. The van der Waals surface area contributed by atoms with Gasteiger partial charge in [-0.1, -0.05) is 13.0 Å². The summed E-state index contributed by atoms with van der Waals surface area (Å²) in [5.74, 6) is 0.450. The monoisotopic (exact) mass is 422 g/mol. The molecule has 7 heteroatoms. The Balaban J connectivity index is 1.63. The maximum atomic E-state index is 13.4. The number of benzene rings is 2. The van der Waals surface area contributed by atoms with Crippen LogP contribution < -0.4 is 14.4 Å². The number of amides is 3. The second kappa shape index (κ2) is 8.41. The Morgan fingerprint density at radius 1 is 1.06 bits per heavy atom. The predicted octanol–water partition coefficient (Wildman–Crippen LogP) is 3.58. The molecule has 162 valence electrons. The quantitative estimate of drug-likeness (QED) is 0.689. The summed E-state index contributed by atoms with van der Waals surface area (Å²) in [5.41, 5.74) is 1.84. The number of hydrogen-bond acceptors (Lipinski definition) is 5. The van der Waals surface area contributed by atoms with E-state index in [-0.39, 0.29) is 36.1 Å². The standard InChI is InChI=1S/C24H26N2O5/c1-15-12-22(27)26(23(15)28)17-7-4-6-16(13-17)24(29)25-11-5-8-20(25)19-10-9-18(30-2)14-21(19)31-3/h4,6-7,9-10,13-15,20H,5,8,11-12H2,1-3H3/t15-,20+/m0/s1. The molecule has 4 rings (SSSR count). The van der Waals surface area contributed by atoms with Gasteiger partial charge in [-0.05, 0) is 43.2 Å². The van der Waals surface area contributed by atoms with E-state index in [1.54, 1.807) is 45.4 Å². The highest BCUT2D eigenvalue weighted by molar-refractivity contribution is 6.21. The molecule has 2 saturated heterocycles. The number of imide groups is 1. The van der Waals surface area contributed by atoms with Crippen molar-refractivity contribution in [2.75, 3.05) is 25.7 Å². The first-order valence-electron chi connectivity index (χ1n) is 10.4. The van der Waals surface area contributed by atoms with Gasteiger partial charge in [0.05, 0.1) is 25.9 Å². The fourth-order valence-electron chi connectivity index (χ4n) is 4.43. The number of hydrogen-bond donors (Lipinski definition) is 0. The highest BCUT2D eigenvalue weighted by atomic mass is 16.5. The van der Waals surface area contributed by atoms with Crippen LogP contribution in [0.5, 0.6) is 11.5 Å². The minimum atomic E-state index is -0.336. The van der Waals surface area contributed by atoms with Crippen molar-refractivity contribution in [2.24, 2.45) is 5.92 Å². The number of ether oxygens (including phenoxy) is 2. The summed E-state index contributed by atoms with van der Waals surface area (Å²) in [4.78, 5) is 41.1. The summed E-state index contributed by atoms with van der Waals surface area (Å²) >= 11 is 0. The first-order chi connectivity index (χ1) is 14.9. The SMILES string of the molecule is COc1ccc([C@H]2CCCN2C(=O)c2cccc(N3C(=O)C[C@H](C)C3=O)c2)c(OC)c1. The molecule has 7 nitrogen and oxygen atoms in total. The maximum absolute atomic E-state index is 13.4. The minimum Gasteiger partial charge on any atom is -0.497 e. The van der Waals surface area contributed by atoms with Crippen molar-refractivity contribution in [3.8, 4) is 11.5 Å². The second-order valence-corrected chi connectivity index (χ2v) is 7.99. The van der Waals surface area contributed by atoms with Crippen molar-refractivity contribution in [3.63, 3.8) is 0 Å². The van der Waals surface area contributed by atoms with E-state index in [0.717, 1.165) is 18.4 Å². The average Bonchev–Trinajstić information content (AvgIpc) is 3.37. The molecule has 2 fully saturated rings. The fraction of sp³-hybridized carbons (Fsp3) is 0.375. The lowest BCUT2D eigenvalue weighted by Gasteiger charge is -2.27. The summed E-state index contributed by atoms with van der Waals surface area (Å²) in [7, 11) is 3.21. The van der Waals surface area contributed by atoms with Crippen LogP contribution in [0.4, 0.5) is 5.69 Å². The Morgan fingerprint density at radius 3 is 2.55 bits per heavy atom. The first-order valence-corrected chi connectivity index (χ1v) is 10.4. The third kappa shape index (κ3) is 3.76. The zero-order valence-electron chi connectivity index (χ0n) is 18.0. The molecule has 0 bridgehead atoms. The Bertz CT molecular complexity index is 1030. The lowest BCUT2D eigenvalue weighted by Crippen LogP contribution is -2.32. The van der Waals surface area contributed by atoms with Gasteiger partial charge < -0.3 is 14.4 Å². The molecule has 2 aliphatic rings. The minimum absolute atomic E-state index is 0.118. The van der Waals surface area contributed by atoms with Crippen LogP contribution in [0.15, 0.2) is 42.5 Å². The third-order valence-electron chi connectivity index (χ3n) is 6.04. The molecule has 2 aliphatic heterocycles. The maximum Gasteiger partial charge on any atom is 0.254 e. The van der Waals surface area contributed by atoms with Crippen molar-refractivity contribution >= 4 is 23.4 Å². The number of carbonyl (C=O) groups is 3. The Labute approximate surface area is 181 Å². The van der Waals surface area contributed by atoms with Crippen molar-refractivity contribution in [1.29, 1.82) is 0 Å². The molecule has 0 N–H and O–H groups in total. The highest BCUT2D eigenvalue weighted by Crippen LogP contribution is 2.39. The van der Waals surface area contributed by atoms with Crippen LogP contribution in [0.25, 0.3) is 0 Å². The Hall–Kier alpha value is -3.35. The fourth-order valence-corrected chi connectivity index (χ4v) is 4.43. The summed E-state index contributed by atoms with van der Waals surface area (Å²) in [6.07, 6.45) is 1.91. The van der Waals surface area contributed by atoms with Crippen LogP contribution in [0.3, 0.4) is 0 Å². The number of rotatable bonds is 5. The first kappa shape index (κ1) is 20.9. The Kier molecular flexibility index (Phi) is 5.67. The van der Waals surface area contributed by atoms with E-state index in [2.05, 4.69) is 0 Å².